The highest BCUT2D eigenvalue weighted by atomic mass is 15.5. The van der Waals surface area contributed by atoms with E-state index in [2.05, 4.69) is 10.2 Å². The second-order valence-electron chi connectivity index (χ2n) is 2.92. The zero-order chi connectivity index (χ0) is 9.26. The molecule has 66 valence electrons. The average molecular weight is 174 g/mol. The second-order valence-corrected chi connectivity index (χ2v) is 2.92. The molecule has 0 atom stereocenters. The molecular formula is C9H10N4. The van der Waals surface area contributed by atoms with Gasteiger partial charge in [-0.25, -0.2) is 0 Å². The number of hydrogen-bond donors (Lipinski definition) is 1. The first-order valence-electron chi connectivity index (χ1n) is 3.99. The van der Waals surface area contributed by atoms with Crippen LogP contribution in [0.2, 0.25) is 0 Å². The van der Waals surface area contributed by atoms with Gasteiger partial charge >= 0.3 is 0 Å². The lowest BCUT2D eigenvalue weighted by Gasteiger charge is -2.02. The Bertz CT molecular complexity index is 385. The van der Waals surface area contributed by atoms with Crippen molar-refractivity contribution in [1.29, 1.82) is 0 Å². The van der Waals surface area contributed by atoms with E-state index in [1.807, 2.05) is 25.1 Å². The van der Waals surface area contributed by atoms with Crippen LogP contribution in [0.4, 0.5) is 5.69 Å². The molecule has 1 aromatic heterocycles. The smallest absolute Gasteiger partial charge is 0.0879 e. The molecule has 2 rings (SSSR count). The molecular weight excluding hydrogens is 164 g/mol. The normalized spacial score (nSPS) is 10.2. The number of aryl methyl sites for hydroxylation is 1. The van der Waals surface area contributed by atoms with Crippen LogP contribution in [0, 0.1) is 6.92 Å². The Balaban J connectivity index is 2.53. The number of anilines is 1. The van der Waals surface area contributed by atoms with E-state index in [9.17, 15) is 0 Å². The summed E-state index contributed by atoms with van der Waals surface area (Å²) in [6.45, 7) is 1.99. The molecule has 2 aromatic rings. The molecule has 0 aliphatic carbocycles. The fourth-order valence-corrected chi connectivity index (χ4v) is 1.26. The van der Waals surface area contributed by atoms with E-state index >= 15 is 0 Å². The monoisotopic (exact) mass is 174 g/mol. The van der Waals surface area contributed by atoms with Crippen molar-refractivity contribution < 1.29 is 0 Å². The van der Waals surface area contributed by atoms with E-state index in [1.54, 1.807) is 17.2 Å². The van der Waals surface area contributed by atoms with Gasteiger partial charge in [-0.2, -0.15) is 15.0 Å². The van der Waals surface area contributed by atoms with Crippen LogP contribution in [0.1, 0.15) is 5.56 Å². The van der Waals surface area contributed by atoms with Gasteiger partial charge in [-0.15, -0.1) is 0 Å². The molecule has 0 amide bonds. The summed E-state index contributed by atoms with van der Waals surface area (Å²) in [6.07, 6.45) is 3.27. The summed E-state index contributed by atoms with van der Waals surface area (Å²) in [6, 6.07) is 5.73. The van der Waals surface area contributed by atoms with Crippen LogP contribution in [0.15, 0.2) is 30.6 Å². The zero-order valence-corrected chi connectivity index (χ0v) is 7.31. The van der Waals surface area contributed by atoms with Crippen molar-refractivity contribution in [3.05, 3.63) is 36.2 Å². The summed E-state index contributed by atoms with van der Waals surface area (Å²) in [4.78, 5) is 1.54. The van der Waals surface area contributed by atoms with Crippen LogP contribution in [-0.4, -0.2) is 15.0 Å². The third kappa shape index (κ3) is 1.51. The van der Waals surface area contributed by atoms with E-state index in [4.69, 9.17) is 5.73 Å². The number of rotatable bonds is 1. The van der Waals surface area contributed by atoms with Crippen molar-refractivity contribution >= 4 is 5.69 Å². The summed E-state index contributed by atoms with van der Waals surface area (Å²) < 4.78 is 0. The number of benzene rings is 1. The molecule has 0 radical (unpaired) electrons. The van der Waals surface area contributed by atoms with Crippen LogP contribution in [0.5, 0.6) is 0 Å². The summed E-state index contributed by atoms with van der Waals surface area (Å²) in [5.74, 6) is 0. The molecule has 0 unspecified atom stereocenters. The van der Waals surface area contributed by atoms with Crippen molar-refractivity contribution in [3.63, 3.8) is 0 Å². The highest BCUT2D eigenvalue weighted by Crippen LogP contribution is 2.13. The third-order valence-electron chi connectivity index (χ3n) is 1.73. The van der Waals surface area contributed by atoms with Gasteiger partial charge in [-0.1, -0.05) is 0 Å². The lowest BCUT2D eigenvalue weighted by atomic mass is 10.2. The highest BCUT2D eigenvalue weighted by molar-refractivity contribution is 5.49. The summed E-state index contributed by atoms with van der Waals surface area (Å²) >= 11 is 0. The lowest BCUT2D eigenvalue weighted by molar-refractivity contribution is 0.751. The standard InChI is InChI=1S/C9H10N4/c1-7-4-8(10)6-9(5-7)13-11-2-3-12-13/h2-6H,10H2,1H3. The van der Waals surface area contributed by atoms with Crippen molar-refractivity contribution in [1.82, 2.24) is 15.0 Å². The first-order chi connectivity index (χ1) is 6.25. The SMILES string of the molecule is Cc1cc(N)cc(-n2nccn2)c1. The number of nitrogens with two attached hydrogens (primary N) is 1. The second kappa shape index (κ2) is 2.90. The maximum atomic E-state index is 5.70. The Labute approximate surface area is 76.0 Å². The van der Waals surface area contributed by atoms with Crippen molar-refractivity contribution in [2.45, 2.75) is 6.92 Å². The first-order valence-corrected chi connectivity index (χ1v) is 3.99. The number of hydrogen-bond acceptors (Lipinski definition) is 3. The lowest BCUT2D eigenvalue weighted by Crippen LogP contribution is -2.00. The van der Waals surface area contributed by atoms with Gasteiger partial charge in [-0.05, 0) is 30.7 Å². The summed E-state index contributed by atoms with van der Waals surface area (Å²) in [7, 11) is 0. The molecule has 0 aliphatic heterocycles. The molecule has 4 heteroatoms. The van der Waals surface area contributed by atoms with Crippen LogP contribution >= 0.6 is 0 Å². The Morgan fingerprint density at radius 2 is 1.85 bits per heavy atom. The molecule has 2 N–H and O–H groups in total. The van der Waals surface area contributed by atoms with E-state index in [0.717, 1.165) is 16.9 Å². The van der Waals surface area contributed by atoms with Gasteiger partial charge in [0.2, 0.25) is 0 Å². The van der Waals surface area contributed by atoms with Gasteiger partial charge in [0.25, 0.3) is 0 Å². The maximum Gasteiger partial charge on any atom is 0.0879 e. The van der Waals surface area contributed by atoms with E-state index < -0.39 is 0 Å². The van der Waals surface area contributed by atoms with E-state index in [0.29, 0.717) is 0 Å². The van der Waals surface area contributed by atoms with Crippen molar-refractivity contribution in [2.75, 3.05) is 5.73 Å². The predicted octanol–water partition coefficient (Wildman–Crippen LogP) is 1.16. The van der Waals surface area contributed by atoms with Gasteiger partial charge in [0.15, 0.2) is 0 Å². The van der Waals surface area contributed by atoms with Crippen LogP contribution in [0.3, 0.4) is 0 Å². The van der Waals surface area contributed by atoms with Crippen molar-refractivity contribution in [2.24, 2.45) is 0 Å². The van der Waals surface area contributed by atoms with E-state index in [-0.39, 0.29) is 0 Å². The Kier molecular flexibility index (Phi) is 1.73. The van der Waals surface area contributed by atoms with Crippen LogP contribution in [0.25, 0.3) is 5.69 Å². The van der Waals surface area contributed by atoms with E-state index in [1.165, 1.54) is 0 Å². The molecule has 4 nitrogen and oxygen atoms in total. The molecule has 0 saturated heterocycles. The topological polar surface area (TPSA) is 56.7 Å². The highest BCUT2D eigenvalue weighted by Gasteiger charge is 1.98. The summed E-state index contributed by atoms with van der Waals surface area (Å²) in [5, 5.41) is 8.04. The minimum atomic E-state index is 0.729. The number of nitrogens with zero attached hydrogens (tertiary/aromatic N) is 3. The van der Waals surface area contributed by atoms with Gasteiger partial charge in [-0.3, -0.25) is 0 Å². The number of nitrogen functional groups attached to an aromatic ring is 1. The molecule has 1 heterocycles. The molecule has 0 spiro atoms. The van der Waals surface area contributed by atoms with Crippen molar-refractivity contribution in [3.8, 4) is 5.69 Å². The predicted molar refractivity (Wildman–Crippen MR) is 50.5 cm³/mol. The quantitative estimate of drug-likeness (QED) is 0.660. The summed E-state index contributed by atoms with van der Waals surface area (Å²) in [5.41, 5.74) is 8.42. The van der Waals surface area contributed by atoms with Gasteiger partial charge in [0, 0.05) is 5.69 Å². The fraction of sp³-hybridized carbons (Fsp3) is 0.111. The fourth-order valence-electron chi connectivity index (χ4n) is 1.26. The Morgan fingerprint density at radius 3 is 2.46 bits per heavy atom. The first kappa shape index (κ1) is 7.79. The average Bonchev–Trinajstić information content (AvgIpc) is 2.53. The zero-order valence-electron chi connectivity index (χ0n) is 7.31. The molecule has 0 bridgehead atoms. The van der Waals surface area contributed by atoms with Crippen LogP contribution < -0.4 is 5.73 Å². The number of aromatic nitrogens is 3. The Hall–Kier alpha value is -1.84. The minimum absolute atomic E-state index is 0.729. The van der Waals surface area contributed by atoms with Gasteiger partial charge in [0.1, 0.15) is 0 Å². The molecule has 0 fully saturated rings. The Morgan fingerprint density at radius 1 is 1.15 bits per heavy atom. The van der Waals surface area contributed by atoms with Gasteiger partial charge in [0.05, 0.1) is 18.1 Å². The minimum Gasteiger partial charge on any atom is -0.399 e. The third-order valence-corrected chi connectivity index (χ3v) is 1.73. The molecule has 1 aromatic carbocycles. The largest absolute Gasteiger partial charge is 0.399 e. The molecule has 0 aliphatic rings. The maximum absolute atomic E-state index is 5.70. The molecule has 0 saturated carbocycles. The molecule has 13 heavy (non-hydrogen) atoms. The van der Waals surface area contributed by atoms with Gasteiger partial charge < -0.3 is 5.73 Å². The van der Waals surface area contributed by atoms with Crippen LogP contribution in [-0.2, 0) is 0 Å².